The van der Waals surface area contributed by atoms with Crippen LogP contribution in [0.3, 0.4) is 0 Å². The Morgan fingerprint density at radius 1 is 1.53 bits per heavy atom. The molecule has 0 radical (unpaired) electrons. The predicted molar refractivity (Wildman–Crippen MR) is 51.7 cm³/mol. The molecule has 0 unspecified atom stereocenters. The first-order chi connectivity index (χ1) is 6.88. The summed E-state index contributed by atoms with van der Waals surface area (Å²) in [6, 6.07) is 5.48. The Hall–Kier alpha value is -1.96. The fourth-order valence-corrected chi connectivity index (χ4v) is 1.11. The Morgan fingerprint density at radius 3 is 2.60 bits per heavy atom. The van der Waals surface area contributed by atoms with Gasteiger partial charge in [0.2, 0.25) is 5.82 Å². The third-order valence-electron chi connectivity index (χ3n) is 2.14. The van der Waals surface area contributed by atoms with Crippen LogP contribution in [0.1, 0.15) is 19.4 Å². The van der Waals surface area contributed by atoms with Crippen LogP contribution < -0.4 is 0 Å². The van der Waals surface area contributed by atoms with Crippen molar-refractivity contribution in [1.82, 2.24) is 0 Å². The van der Waals surface area contributed by atoms with Gasteiger partial charge in [0.15, 0.2) is 0 Å². The number of hydrogen-bond acceptors (Lipinski definition) is 3. The van der Waals surface area contributed by atoms with E-state index in [2.05, 4.69) is 0 Å². The van der Waals surface area contributed by atoms with E-state index in [0.717, 1.165) is 12.1 Å². The Kier molecular flexibility index (Phi) is 2.71. The minimum Gasteiger partial charge on any atom is -0.258 e. The van der Waals surface area contributed by atoms with E-state index in [-0.39, 0.29) is 0 Å². The average molecular weight is 208 g/mol. The molecule has 0 aliphatic heterocycles. The van der Waals surface area contributed by atoms with Crippen molar-refractivity contribution >= 4 is 5.69 Å². The first-order valence-electron chi connectivity index (χ1n) is 4.24. The summed E-state index contributed by atoms with van der Waals surface area (Å²) in [6.45, 7) is 3.23. The average Bonchev–Trinajstić information content (AvgIpc) is 2.17. The molecule has 0 atom stereocenters. The van der Waals surface area contributed by atoms with Crippen molar-refractivity contribution in [3.63, 3.8) is 0 Å². The van der Waals surface area contributed by atoms with E-state index in [1.807, 2.05) is 6.07 Å². The van der Waals surface area contributed by atoms with Gasteiger partial charge in [0.05, 0.1) is 16.4 Å². The van der Waals surface area contributed by atoms with Crippen LogP contribution in [-0.2, 0) is 5.41 Å². The summed E-state index contributed by atoms with van der Waals surface area (Å²) in [5.74, 6) is -0.891. The monoisotopic (exact) mass is 208 g/mol. The molecule has 0 aliphatic rings. The van der Waals surface area contributed by atoms with Gasteiger partial charge in [-0.05, 0) is 25.5 Å². The second-order valence-corrected chi connectivity index (χ2v) is 3.66. The van der Waals surface area contributed by atoms with E-state index in [4.69, 9.17) is 5.26 Å². The number of nitrogens with zero attached hydrogens (tertiary/aromatic N) is 2. The molecule has 15 heavy (non-hydrogen) atoms. The van der Waals surface area contributed by atoms with Crippen molar-refractivity contribution in [1.29, 1.82) is 5.26 Å². The van der Waals surface area contributed by atoms with E-state index >= 15 is 0 Å². The standard InChI is InChI=1S/C10H9FN2O2/c1-10(2,6-12)7-3-4-8(11)9(5-7)13(14)15/h3-5H,1-2H3. The fourth-order valence-electron chi connectivity index (χ4n) is 1.11. The molecule has 1 rings (SSSR count). The quantitative estimate of drug-likeness (QED) is 0.554. The lowest BCUT2D eigenvalue weighted by atomic mass is 9.86. The summed E-state index contributed by atoms with van der Waals surface area (Å²) < 4.78 is 13.0. The van der Waals surface area contributed by atoms with Crippen LogP contribution in [0.15, 0.2) is 18.2 Å². The molecule has 78 valence electrons. The van der Waals surface area contributed by atoms with Crippen LogP contribution >= 0.6 is 0 Å². The molecule has 0 N–H and O–H groups in total. The number of rotatable bonds is 2. The van der Waals surface area contributed by atoms with Crippen molar-refractivity contribution < 1.29 is 9.31 Å². The van der Waals surface area contributed by atoms with Crippen molar-refractivity contribution in [3.8, 4) is 6.07 Å². The largest absolute Gasteiger partial charge is 0.305 e. The molecule has 0 heterocycles. The van der Waals surface area contributed by atoms with Crippen molar-refractivity contribution in [2.45, 2.75) is 19.3 Å². The highest BCUT2D eigenvalue weighted by Crippen LogP contribution is 2.27. The molecule has 0 aliphatic carbocycles. The van der Waals surface area contributed by atoms with Gasteiger partial charge in [-0.2, -0.15) is 9.65 Å². The normalized spacial score (nSPS) is 10.8. The topological polar surface area (TPSA) is 66.9 Å². The Balaban J connectivity index is 3.33. The van der Waals surface area contributed by atoms with Gasteiger partial charge in [-0.1, -0.05) is 6.07 Å². The highest BCUT2D eigenvalue weighted by atomic mass is 19.1. The maximum Gasteiger partial charge on any atom is 0.305 e. The predicted octanol–water partition coefficient (Wildman–Crippen LogP) is 2.54. The van der Waals surface area contributed by atoms with Gasteiger partial charge in [0.25, 0.3) is 0 Å². The SMILES string of the molecule is CC(C)(C#N)c1ccc(F)c([N+](=O)[O-])c1. The molecule has 4 nitrogen and oxygen atoms in total. The summed E-state index contributed by atoms with van der Waals surface area (Å²) in [5.41, 5.74) is -1.03. The summed E-state index contributed by atoms with van der Waals surface area (Å²) >= 11 is 0. The summed E-state index contributed by atoms with van der Waals surface area (Å²) in [6.07, 6.45) is 0. The lowest BCUT2D eigenvalue weighted by Gasteiger charge is -2.14. The van der Waals surface area contributed by atoms with E-state index < -0.39 is 21.8 Å². The molecule has 0 amide bonds. The number of halogens is 1. The van der Waals surface area contributed by atoms with Gasteiger partial charge in [-0.25, -0.2) is 0 Å². The zero-order valence-electron chi connectivity index (χ0n) is 8.32. The molecule has 1 aromatic rings. The van der Waals surface area contributed by atoms with Crippen molar-refractivity contribution in [3.05, 3.63) is 39.7 Å². The minimum atomic E-state index is -0.891. The van der Waals surface area contributed by atoms with E-state index in [0.29, 0.717) is 5.56 Å². The molecule has 0 aromatic heterocycles. The molecule has 0 bridgehead atoms. The molecular weight excluding hydrogens is 199 g/mol. The van der Waals surface area contributed by atoms with Crippen LogP contribution in [0, 0.1) is 27.3 Å². The first kappa shape index (κ1) is 11.1. The van der Waals surface area contributed by atoms with Gasteiger partial charge in [0.1, 0.15) is 0 Å². The Labute approximate surface area is 86.1 Å². The number of benzene rings is 1. The smallest absolute Gasteiger partial charge is 0.258 e. The highest BCUT2D eigenvalue weighted by Gasteiger charge is 2.24. The van der Waals surface area contributed by atoms with Gasteiger partial charge in [0, 0.05) is 6.07 Å². The third kappa shape index (κ3) is 2.10. The van der Waals surface area contributed by atoms with E-state index in [1.165, 1.54) is 6.07 Å². The lowest BCUT2D eigenvalue weighted by molar-refractivity contribution is -0.387. The van der Waals surface area contributed by atoms with E-state index in [9.17, 15) is 14.5 Å². The fraction of sp³-hybridized carbons (Fsp3) is 0.300. The van der Waals surface area contributed by atoms with Gasteiger partial charge < -0.3 is 0 Å². The third-order valence-corrected chi connectivity index (χ3v) is 2.14. The van der Waals surface area contributed by atoms with Crippen LogP contribution in [0.2, 0.25) is 0 Å². The lowest BCUT2D eigenvalue weighted by Crippen LogP contribution is -2.14. The molecule has 0 spiro atoms. The molecule has 1 aromatic carbocycles. The number of hydrogen-bond donors (Lipinski definition) is 0. The van der Waals surface area contributed by atoms with Crippen LogP contribution in [0.4, 0.5) is 10.1 Å². The van der Waals surface area contributed by atoms with Crippen molar-refractivity contribution in [2.75, 3.05) is 0 Å². The van der Waals surface area contributed by atoms with Gasteiger partial charge in [-0.15, -0.1) is 0 Å². The van der Waals surface area contributed by atoms with E-state index in [1.54, 1.807) is 13.8 Å². The molecule has 0 saturated heterocycles. The maximum atomic E-state index is 13.0. The minimum absolute atomic E-state index is 0.429. The zero-order chi connectivity index (χ0) is 11.6. The van der Waals surface area contributed by atoms with Crippen LogP contribution in [0.5, 0.6) is 0 Å². The number of nitro groups is 1. The van der Waals surface area contributed by atoms with Crippen molar-refractivity contribution in [2.24, 2.45) is 0 Å². The van der Waals surface area contributed by atoms with Crippen LogP contribution in [-0.4, -0.2) is 4.92 Å². The second-order valence-electron chi connectivity index (χ2n) is 3.66. The summed E-state index contributed by atoms with van der Waals surface area (Å²) in [5, 5.41) is 19.3. The molecule has 5 heteroatoms. The number of nitro benzene ring substituents is 1. The number of nitriles is 1. The van der Waals surface area contributed by atoms with Crippen LogP contribution in [0.25, 0.3) is 0 Å². The Morgan fingerprint density at radius 2 is 2.13 bits per heavy atom. The van der Waals surface area contributed by atoms with Gasteiger partial charge >= 0.3 is 5.69 Å². The summed E-state index contributed by atoms with van der Waals surface area (Å²) in [4.78, 5) is 9.67. The highest BCUT2D eigenvalue weighted by molar-refractivity contribution is 5.41. The summed E-state index contributed by atoms with van der Waals surface area (Å²) in [7, 11) is 0. The first-order valence-corrected chi connectivity index (χ1v) is 4.24. The second kappa shape index (κ2) is 3.65. The van der Waals surface area contributed by atoms with Gasteiger partial charge in [-0.3, -0.25) is 10.1 Å². The Bertz CT molecular complexity index is 449. The molecule has 0 fully saturated rings. The maximum absolute atomic E-state index is 13.0. The zero-order valence-corrected chi connectivity index (χ0v) is 8.32. The molecular formula is C10H9FN2O2. The molecule has 0 saturated carbocycles.